The highest BCUT2D eigenvalue weighted by molar-refractivity contribution is 7.20. The molecule has 0 aliphatic rings. The van der Waals surface area contributed by atoms with E-state index in [4.69, 9.17) is 0 Å². The van der Waals surface area contributed by atoms with E-state index in [-0.39, 0.29) is 22.3 Å². The average Bonchev–Trinajstić information content (AvgIpc) is 2.90. The number of aromatic carboxylic acids is 4. The van der Waals surface area contributed by atoms with Gasteiger partial charge in [0.25, 0.3) is 0 Å². The number of hydrogen-bond acceptors (Lipinski definition) is 4. The van der Waals surface area contributed by atoms with E-state index in [9.17, 15) is 39.6 Å². The molecule has 4 aromatic carbocycles. The van der Waals surface area contributed by atoms with E-state index in [2.05, 4.69) is 0 Å². The Labute approximate surface area is 211 Å². The minimum atomic E-state index is -2.46. The highest BCUT2D eigenvalue weighted by atomic mass is 16.4. The topological polar surface area (TPSA) is 149 Å². The van der Waals surface area contributed by atoms with Gasteiger partial charge < -0.3 is 20.4 Å². The molecule has 0 aliphatic heterocycles. The Balaban J connectivity index is 2.24. The number of carboxylic acid groups (broad SMARTS) is 4. The van der Waals surface area contributed by atoms with Crippen LogP contribution in [0.25, 0.3) is 0 Å². The second-order valence-corrected chi connectivity index (χ2v) is 8.59. The van der Waals surface area contributed by atoms with Crippen LogP contribution in [-0.4, -0.2) is 50.4 Å². The molecule has 0 atom stereocenters. The second kappa shape index (κ2) is 9.83. The summed E-state index contributed by atoms with van der Waals surface area (Å²) in [4.78, 5) is 47.6. The molecule has 0 heterocycles. The van der Waals surface area contributed by atoms with Crippen molar-refractivity contribution in [2.45, 2.75) is 0 Å². The van der Waals surface area contributed by atoms with Crippen LogP contribution < -0.4 is 21.9 Å². The standard InChI is InChI=1S/C28H20BO8/c30-25(31)17-5-1-9-21(13-17)29(22-10-2-6-18(14-22)26(32)33,23-11-3-7-19(15-23)27(34)35)24-12-4-8-20(16-24)28(36)37/h1-16H,(H,30,31)(H,32,33)(H,34,35)(H,36,37)/q-1. The summed E-state index contributed by atoms with van der Waals surface area (Å²) in [7, 11) is 0. The van der Waals surface area contributed by atoms with Crippen LogP contribution in [0.5, 0.6) is 0 Å². The summed E-state index contributed by atoms with van der Waals surface area (Å²) in [5.41, 5.74) is 1.59. The van der Waals surface area contributed by atoms with E-state index in [1.807, 2.05) is 0 Å². The SMILES string of the molecule is O=C(O)c1cccc([B-](c2cccc(C(=O)O)c2)(c2cccc(C(=O)O)c2)c2cccc(C(=O)O)c2)c1. The van der Waals surface area contributed by atoms with Gasteiger partial charge in [-0.1, -0.05) is 72.8 Å². The van der Waals surface area contributed by atoms with Crippen LogP contribution in [0, 0.1) is 0 Å². The molecule has 0 aliphatic carbocycles. The normalized spacial score (nSPS) is 11.0. The molecule has 0 unspecified atom stereocenters. The van der Waals surface area contributed by atoms with Crippen LogP contribution in [0.1, 0.15) is 41.4 Å². The van der Waals surface area contributed by atoms with Crippen molar-refractivity contribution >= 4 is 51.9 Å². The van der Waals surface area contributed by atoms with E-state index >= 15 is 0 Å². The number of carboxylic acids is 4. The van der Waals surface area contributed by atoms with Crippen molar-refractivity contribution in [1.82, 2.24) is 0 Å². The van der Waals surface area contributed by atoms with Gasteiger partial charge >= 0.3 is 23.9 Å². The van der Waals surface area contributed by atoms with Crippen molar-refractivity contribution in [3.05, 3.63) is 119 Å². The molecule has 0 radical (unpaired) electrons. The monoisotopic (exact) mass is 495 g/mol. The lowest BCUT2D eigenvalue weighted by atomic mass is 9.13. The minimum absolute atomic E-state index is 0.0399. The Bertz CT molecular complexity index is 1320. The van der Waals surface area contributed by atoms with Gasteiger partial charge in [0.1, 0.15) is 6.15 Å². The summed E-state index contributed by atoms with van der Waals surface area (Å²) in [6, 6.07) is 24.2. The highest BCUT2D eigenvalue weighted by Gasteiger charge is 2.33. The van der Waals surface area contributed by atoms with Crippen molar-refractivity contribution in [3.63, 3.8) is 0 Å². The van der Waals surface area contributed by atoms with Crippen molar-refractivity contribution < 1.29 is 39.6 Å². The zero-order valence-corrected chi connectivity index (χ0v) is 19.2. The third kappa shape index (κ3) is 4.57. The maximum Gasteiger partial charge on any atom is 0.335 e. The number of hydrogen-bond donors (Lipinski definition) is 4. The molecule has 0 saturated heterocycles. The molecule has 0 spiro atoms. The fourth-order valence-corrected chi connectivity index (χ4v) is 4.92. The fraction of sp³-hybridized carbons (Fsp3) is 0. The van der Waals surface area contributed by atoms with Crippen LogP contribution in [0.3, 0.4) is 0 Å². The Hall–Kier alpha value is -5.18. The Morgan fingerprint density at radius 2 is 0.622 bits per heavy atom. The molecule has 4 rings (SSSR count). The quantitative estimate of drug-likeness (QED) is 0.271. The van der Waals surface area contributed by atoms with Crippen molar-refractivity contribution in [3.8, 4) is 0 Å². The van der Waals surface area contributed by atoms with Crippen LogP contribution >= 0.6 is 0 Å². The third-order valence-corrected chi connectivity index (χ3v) is 6.53. The van der Waals surface area contributed by atoms with Gasteiger partial charge in [0, 0.05) is 0 Å². The number of benzene rings is 4. The van der Waals surface area contributed by atoms with E-state index < -0.39 is 30.0 Å². The van der Waals surface area contributed by atoms with Gasteiger partial charge in [-0.2, -0.15) is 21.9 Å². The summed E-state index contributed by atoms with van der Waals surface area (Å²) in [6.07, 6.45) is -2.46. The first kappa shape index (κ1) is 24.9. The number of carbonyl (C=O) groups is 4. The van der Waals surface area contributed by atoms with Crippen LogP contribution in [-0.2, 0) is 0 Å². The van der Waals surface area contributed by atoms with E-state index in [1.54, 1.807) is 48.5 Å². The van der Waals surface area contributed by atoms with Crippen molar-refractivity contribution in [2.24, 2.45) is 0 Å². The smallest absolute Gasteiger partial charge is 0.335 e. The van der Waals surface area contributed by atoms with E-state index in [0.717, 1.165) is 0 Å². The van der Waals surface area contributed by atoms with Crippen LogP contribution in [0.15, 0.2) is 97.1 Å². The van der Waals surface area contributed by atoms with E-state index in [1.165, 1.54) is 48.5 Å². The summed E-state index contributed by atoms with van der Waals surface area (Å²) in [6.45, 7) is 0. The molecular formula is C28H20BO8-. The molecule has 4 N–H and O–H groups in total. The Morgan fingerprint density at radius 3 is 0.811 bits per heavy atom. The van der Waals surface area contributed by atoms with Crippen LogP contribution in [0.2, 0.25) is 0 Å². The predicted octanol–water partition coefficient (Wildman–Crippen LogP) is 1.86. The summed E-state index contributed by atoms with van der Waals surface area (Å²) in [5.74, 6) is -4.76. The fourth-order valence-electron chi connectivity index (χ4n) is 4.92. The molecule has 0 aromatic heterocycles. The largest absolute Gasteiger partial charge is 0.478 e. The minimum Gasteiger partial charge on any atom is -0.478 e. The zero-order chi connectivity index (χ0) is 26.7. The third-order valence-electron chi connectivity index (χ3n) is 6.53. The van der Waals surface area contributed by atoms with E-state index in [0.29, 0.717) is 21.9 Å². The molecule has 0 saturated carbocycles. The first-order chi connectivity index (χ1) is 17.6. The van der Waals surface area contributed by atoms with Crippen molar-refractivity contribution in [2.75, 3.05) is 0 Å². The number of rotatable bonds is 8. The second-order valence-electron chi connectivity index (χ2n) is 8.59. The Morgan fingerprint density at radius 1 is 0.405 bits per heavy atom. The predicted molar refractivity (Wildman–Crippen MR) is 138 cm³/mol. The maximum absolute atomic E-state index is 11.9. The molecule has 4 aromatic rings. The molecule has 8 nitrogen and oxygen atoms in total. The summed E-state index contributed by atoms with van der Waals surface area (Å²) >= 11 is 0. The molecule has 0 bridgehead atoms. The lowest BCUT2D eigenvalue weighted by Gasteiger charge is -2.44. The van der Waals surface area contributed by atoms with Gasteiger partial charge in [0.05, 0.1) is 22.3 Å². The Kier molecular flexibility index (Phi) is 6.62. The molecule has 184 valence electrons. The summed E-state index contributed by atoms with van der Waals surface area (Å²) in [5, 5.41) is 38.8. The van der Waals surface area contributed by atoms with Gasteiger partial charge in [-0.3, -0.25) is 0 Å². The molecule has 9 heteroatoms. The first-order valence-electron chi connectivity index (χ1n) is 11.2. The first-order valence-corrected chi connectivity index (χ1v) is 11.2. The zero-order valence-electron chi connectivity index (χ0n) is 19.2. The maximum atomic E-state index is 11.9. The summed E-state index contributed by atoms with van der Waals surface area (Å²) < 4.78 is 0. The van der Waals surface area contributed by atoms with Gasteiger partial charge in [0.2, 0.25) is 0 Å². The average molecular weight is 495 g/mol. The highest BCUT2D eigenvalue weighted by Crippen LogP contribution is 2.14. The van der Waals surface area contributed by atoms with Gasteiger partial charge in [-0.15, -0.1) is 0 Å². The van der Waals surface area contributed by atoms with Crippen LogP contribution in [0.4, 0.5) is 0 Å². The van der Waals surface area contributed by atoms with Gasteiger partial charge in [-0.25, -0.2) is 19.2 Å². The van der Waals surface area contributed by atoms with Crippen molar-refractivity contribution in [1.29, 1.82) is 0 Å². The molecule has 0 amide bonds. The van der Waals surface area contributed by atoms with Gasteiger partial charge in [0.15, 0.2) is 0 Å². The molecular weight excluding hydrogens is 475 g/mol. The molecule has 37 heavy (non-hydrogen) atoms. The lowest BCUT2D eigenvalue weighted by molar-refractivity contribution is 0.0686. The lowest BCUT2D eigenvalue weighted by Crippen LogP contribution is -2.75. The molecule has 0 fully saturated rings. The van der Waals surface area contributed by atoms with Gasteiger partial charge in [-0.05, 0) is 24.3 Å².